The molecule has 52 valence electrons. The van der Waals surface area contributed by atoms with E-state index in [1.165, 1.54) is 0 Å². The Balaban J connectivity index is 3.32. The van der Waals surface area contributed by atoms with E-state index in [1.807, 2.05) is 0 Å². The highest BCUT2D eigenvalue weighted by atomic mass is 31.0. The van der Waals surface area contributed by atoms with Crippen LogP contribution in [0.15, 0.2) is 0 Å². The maximum atomic E-state index is 8.26. The van der Waals surface area contributed by atoms with E-state index in [4.69, 9.17) is 9.79 Å². The second-order valence-electron chi connectivity index (χ2n) is 1.91. The molecule has 0 aromatic heterocycles. The van der Waals surface area contributed by atoms with Crippen molar-refractivity contribution in [2.24, 2.45) is 0 Å². The van der Waals surface area contributed by atoms with Gasteiger partial charge < -0.3 is 4.52 Å². The molecule has 0 N–H and O–H groups in total. The van der Waals surface area contributed by atoms with Gasteiger partial charge in [-0.15, -0.1) is 0 Å². The van der Waals surface area contributed by atoms with Crippen molar-refractivity contribution in [3.63, 3.8) is 0 Å². The van der Waals surface area contributed by atoms with Crippen molar-refractivity contribution in [2.75, 3.05) is 0 Å². The Bertz CT molecular complexity index is 99.7. The first kappa shape index (κ1) is 8.88. The fourth-order valence-corrected chi connectivity index (χ4v) is 0.874. The monoisotopic (exact) mass is 145 g/mol. The minimum absolute atomic E-state index is 0.116. The van der Waals surface area contributed by atoms with Crippen LogP contribution in [0.5, 0.6) is 0 Å². The van der Waals surface area contributed by atoms with Crippen LogP contribution in [0.25, 0.3) is 0 Å². The van der Waals surface area contributed by atoms with Gasteiger partial charge in [-0.05, 0) is 6.42 Å². The highest BCUT2D eigenvalue weighted by Crippen LogP contribution is 2.08. The van der Waals surface area contributed by atoms with Gasteiger partial charge in [0, 0.05) is 9.47 Å². The second kappa shape index (κ2) is 6.01. The molecule has 0 heterocycles. The molecule has 0 spiro atoms. The highest BCUT2D eigenvalue weighted by Gasteiger charge is 2.02. The average molecular weight is 145 g/mol. The van der Waals surface area contributed by atoms with Crippen molar-refractivity contribution in [3.8, 4) is 6.07 Å². The van der Waals surface area contributed by atoms with E-state index in [-0.39, 0.29) is 6.10 Å². The van der Waals surface area contributed by atoms with Crippen molar-refractivity contribution in [1.82, 2.24) is 0 Å². The molecule has 0 aliphatic heterocycles. The van der Waals surface area contributed by atoms with Gasteiger partial charge in [-0.2, -0.15) is 5.26 Å². The summed E-state index contributed by atoms with van der Waals surface area (Å²) in [6.45, 7) is 2.08. The van der Waals surface area contributed by atoms with Gasteiger partial charge in [0.1, 0.15) is 0 Å². The van der Waals surface area contributed by atoms with E-state index in [2.05, 4.69) is 22.5 Å². The Morgan fingerprint density at radius 2 is 2.44 bits per heavy atom. The number of nitrogens with zero attached hydrogens (tertiary/aromatic N) is 1. The Kier molecular flexibility index (Phi) is 5.93. The lowest BCUT2D eigenvalue weighted by Gasteiger charge is -2.07. The van der Waals surface area contributed by atoms with E-state index in [0.717, 1.165) is 12.8 Å². The zero-order chi connectivity index (χ0) is 7.11. The molecule has 0 aliphatic rings. The Morgan fingerprint density at radius 1 is 1.78 bits per heavy atom. The first-order valence-corrected chi connectivity index (χ1v) is 3.54. The molecule has 0 aliphatic carbocycles. The lowest BCUT2D eigenvalue weighted by molar-refractivity contribution is 0.231. The van der Waals surface area contributed by atoms with Gasteiger partial charge in [0.25, 0.3) is 0 Å². The minimum Gasteiger partial charge on any atom is -0.361 e. The summed E-state index contributed by atoms with van der Waals surface area (Å²) in [7, 11) is 2.19. The number of hydrogen-bond acceptors (Lipinski definition) is 2. The molecule has 0 rings (SSSR count). The van der Waals surface area contributed by atoms with Crippen molar-refractivity contribution in [2.45, 2.75) is 32.3 Å². The van der Waals surface area contributed by atoms with Crippen LogP contribution in [-0.4, -0.2) is 6.10 Å². The van der Waals surface area contributed by atoms with Crippen LogP contribution in [0.2, 0.25) is 0 Å². The summed E-state index contributed by atoms with van der Waals surface area (Å²) in [4.78, 5) is 0. The van der Waals surface area contributed by atoms with Crippen LogP contribution in [0, 0.1) is 11.3 Å². The third-order valence-electron chi connectivity index (χ3n) is 1.12. The molecule has 0 saturated heterocycles. The van der Waals surface area contributed by atoms with E-state index in [9.17, 15) is 0 Å². The largest absolute Gasteiger partial charge is 0.361 e. The van der Waals surface area contributed by atoms with Crippen molar-refractivity contribution >= 4 is 9.47 Å². The quantitative estimate of drug-likeness (QED) is 0.566. The summed E-state index contributed by atoms with van der Waals surface area (Å²) < 4.78 is 4.93. The summed E-state index contributed by atoms with van der Waals surface area (Å²) in [5.74, 6) is 0. The minimum atomic E-state index is 0.116. The molecule has 2 nitrogen and oxygen atoms in total. The highest BCUT2D eigenvalue weighted by molar-refractivity contribution is 7.09. The first-order valence-electron chi connectivity index (χ1n) is 3.07. The van der Waals surface area contributed by atoms with Crippen molar-refractivity contribution in [3.05, 3.63) is 0 Å². The predicted octanol–water partition coefficient (Wildman–Crippen LogP) is 1.88. The maximum absolute atomic E-state index is 8.26. The fraction of sp³-hybridized carbons (Fsp3) is 0.833. The molecule has 0 bridgehead atoms. The van der Waals surface area contributed by atoms with Crippen LogP contribution in [0.3, 0.4) is 0 Å². The molecule has 0 aromatic carbocycles. The maximum Gasteiger partial charge on any atom is 0.0740 e. The van der Waals surface area contributed by atoms with Crippen molar-refractivity contribution < 1.29 is 4.52 Å². The summed E-state index contributed by atoms with van der Waals surface area (Å²) in [5, 5.41) is 8.26. The first-order chi connectivity index (χ1) is 4.35. The van der Waals surface area contributed by atoms with Gasteiger partial charge in [0.05, 0.1) is 18.6 Å². The smallest absolute Gasteiger partial charge is 0.0740 e. The van der Waals surface area contributed by atoms with Gasteiger partial charge in [0.2, 0.25) is 0 Å². The van der Waals surface area contributed by atoms with E-state index >= 15 is 0 Å². The number of hydrogen-bond donors (Lipinski definition) is 0. The third kappa shape index (κ3) is 4.39. The molecular formula is C6H12NOP. The van der Waals surface area contributed by atoms with Crippen LogP contribution in [0.4, 0.5) is 0 Å². The Morgan fingerprint density at radius 3 is 2.78 bits per heavy atom. The van der Waals surface area contributed by atoms with Crippen LogP contribution < -0.4 is 0 Å². The SMILES string of the molecule is CCCC(CC#N)OP. The molecule has 0 saturated carbocycles. The lowest BCUT2D eigenvalue weighted by Crippen LogP contribution is -2.04. The molecule has 0 fully saturated rings. The molecule has 0 amide bonds. The topological polar surface area (TPSA) is 33.0 Å². The summed E-state index contributed by atoms with van der Waals surface area (Å²) in [6.07, 6.45) is 2.65. The van der Waals surface area contributed by atoms with Gasteiger partial charge in [-0.3, -0.25) is 0 Å². The Hall–Kier alpha value is -0.120. The average Bonchev–Trinajstić information content (AvgIpc) is 1.88. The predicted molar refractivity (Wildman–Crippen MR) is 39.7 cm³/mol. The zero-order valence-electron chi connectivity index (χ0n) is 5.63. The number of rotatable bonds is 4. The molecule has 0 radical (unpaired) electrons. The number of nitriles is 1. The molecule has 2 atom stereocenters. The normalized spacial score (nSPS) is 12.6. The third-order valence-corrected chi connectivity index (χ3v) is 1.51. The van der Waals surface area contributed by atoms with Crippen LogP contribution in [-0.2, 0) is 4.52 Å². The lowest BCUT2D eigenvalue weighted by atomic mass is 10.2. The summed E-state index contributed by atoms with van der Waals surface area (Å²) >= 11 is 0. The van der Waals surface area contributed by atoms with Gasteiger partial charge in [-0.25, -0.2) is 0 Å². The molecule has 9 heavy (non-hydrogen) atoms. The van der Waals surface area contributed by atoms with Gasteiger partial charge in [0.15, 0.2) is 0 Å². The molecule has 3 heteroatoms. The van der Waals surface area contributed by atoms with E-state index in [0.29, 0.717) is 6.42 Å². The van der Waals surface area contributed by atoms with E-state index in [1.54, 1.807) is 0 Å². The van der Waals surface area contributed by atoms with Gasteiger partial charge >= 0.3 is 0 Å². The summed E-state index contributed by atoms with van der Waals surface area (Å²) in [6, 6.07) is 2.07. The Labute approximate surface area is 58.5 Å². The molecule has 2 unspecified atom stereocenters. The second-order valence-corrected chi connectivity index (χ2v) is 2.18. The molecule has 0 aromatic rings. The fourth-order valence-electron chi connectivity index (χ4n) is 0.642. The summed E-state index contributed by atoms with van der Waals surface area (Å²) in [5.41, 5.74) is 0. The standard InChI is InChI=1S/C6H12NOP/c1-2-3-6(8-9)4-5-7/h6H,2-4,9H2,1H3. The van der Waals surface area contributed by atoms with Crippen LogP contribution in [0.1, 0.15) is 26.2 Å². The molecular weight excluding hydrogens is 133 g/mol. The zero-order valence-corrected chi connectivity index (χ0v) is 6.79. The van der Waals surface area contributed by atoms with E-state index < -0.39 is 0 Å². The van der Waals surface area contributed by atoms with Crippen molar-refractivity contribution in [1.29, 1.82) is 5.26 Å². The van der Waals surface area contributed by atoms with Gasteiger partial charge in [-0.1, -0.05) is 13.3 Å². The van der Waals surface area contributed by atoms with Crippen LogP contribution >= 0.6 is 9.47 Å².